The van der Waals surface area contributed by atoms with Gasteiger partial charge in [0, 0.05) is 27.5 Å². The van der Waals surface area contributed by atoms with E-state index >= 15 is 0 Å². The first-order valence-electron chi connectivity index (χ1n) is 14.7. The van der Waals surface area contributed by atoms with Crippen molar-refractivity contribution in [2.45, 2.75) is 6.92 Å². The zero-order chi connectivity index (χ0) is 29.5. The highest BCUT2D eigenvalue weighted by Gasteiger charge is 2.15. The SMILES string of the molecule is Cc1ccc2c(c1)oc1cc(-c3nc(-c4ccc(-c5ccccc5)cc4)nc(-c4ccc(-c5ccccc5)cc4)n3)ccc12. The Kier molecular flexibility index (Phi) is 6.31. The smallest absolute Gasteiger partial charge is 0.164 e. The van der Waals surface area contributed by atoms with E-state index in [4.69, 9.17) is 19.4 Å². The highest BCUT2D eigenvalue weighted by atomic mass is 16.3. The minimum absolute atomic E-state index is 0.600. The van der Waals surface area contributed by atoms with Gasteiger partial charge in [0.15, 0.2) is 17.5 Å². The van der Waals surface area contributed by atoms with Gasteiger partial charge in [0.25, 0.3) is 0 Å². The second-order valence-electron chi connectivity index (χ2n) is 11.0. The molecule has 0 aliphatic rings. The van der Waals surface area contributed by atoms with E-state index in [-0.39, 0.29) is 0 Å². The van der Waals surface area contributed by atoms with Gasteiger partial charge in [-0.1, -0.05) is 127 Å². The number of fused-ring (bicyclic) bond motifs is 3. The van der Waals surface area contributed by atoms with Crippen LogP contribution in [0.4, 0.5) is 0 Å². The molecule has 0 aliphatic heterocycles. The van der Waals surface area contributed by atoms with Crippen LogP contribution in [-0.2, 0) is 0 Å². The monoisotopic (exact) mass is 565 g/mol. The van der Waals surface area contributed by atoms with Gasteiger partial charge in [0.1, 0.15) is 11.2 Å². The fraction of sp³-hybridized carbons (Fsp3) is 0.0250. The number of hydrogen-bond acceptors (Lipinski definition) is 4. The topological polar surface area (TPSA) is 51.8 Å². The van der Waals surface area contributed by atoms with Crippen LogP contribution in [-0.4, -0.2) is 15.0 Å². The molecule has 8 aromatic rings. The van der Waals surface area contributed by atoms with Gasteiger partial charge in [0.05, 0.1) is 0 Å². The molecule has 0 saturated carbocycles. The van der Waals surface area contributed by atoms with Gasteiger partial charge in [-0.3, -0.25) is 0 Å². The lowest BCUT2D eigenvalue weighted by atomic mass is 10.0. The first kappa shape index (κ1) is 25.8. The summed E-state index contributed by atoms with van der Waals surface area (Å²) < 4.78 is 6.26. The van der Waals surface area contributed by atoms with Crippen molar-refractivity contribution in [1.82, 2.24) is 15.0 Å². The Hall–Kier alpha value is -5.87. The lowest BCUT2D eigenvalue weighted by Gasteiger charge is -2.10. The van der Waals surface area contributed by atoms with E-state index in [2.05, 4.69) is 134 Å². The van der Waals surface area contributed by atoms with Crippen LogP contribution in [0.3, 0.4) is 0 Å². The molecule has 0 N–H and O–H groups in total. The maximum absolute atomic E-state index is 6.26. The summed E-state index contributed by atoms with van der Waals surface area (Å²) in [6.45, 7) is 2.07. The summed E-state index contributed by atoms with van der Waals surface area (Å²) >= 11 is 0. The lowest BCUT2D eigenvalue weighted by molar-refractivity contribution is 0.668. The van der Waals surface area contributed by atoms with Crippen molar-refractivity contribution in [1.29, 1.82) is 0 Å². The van der Waals surface area contributed by atoms with Crippen LogP contribution in [0.2, 0.25) is 0 Å². The fourth-order valence-electron chi connectivity index (χ4n) is 5.67. The Bertz CT molecular complexity index is 2150. The van der Waals surface area contributed by atoms with E-state index in [1.54, 1.807) is 0 Å². The van der Waals surface area contributed by atoms with Gasteiger partial charge in [0.2, 0.25) is 0 Å². The number of nitrogens with zero attached hydrogens (tertiary/aromatic N) is 3. The van der Waals surface area contributed by atoms with E-state index in [1.165, 1.54) is 16.7 Å². The highest BCUT2D eigenvalue weighted by Crippen LogP contribution is 2.33. The third kappa shape index (κ3) is 4.83. The van der Waals surface area contributed by atoms with Crippen molar-refractivity contribution in [3.8, 4) is 56.4 Å². The van der Waals surface area contributed by atoms with Gasteiger partial charge in [-0.2, -0.15) is 0 Å². The molecule has 6 aromatic carbocycles. The van der Waals surface area contributed by atoms with Crippen LogP contribution in [0, 0.1) is 6.92 Å². The zero-order valence-electron chi connectivity index (χ0n) is 24.1. The van der Waals surface area contributed by atoms with Gasteiger partial charge in [-0.15, -0.1) is 0 Å². The Balaban J connectivity index is 1.24. The maximum atomic E-state index is 6.26. The molecule has 0 radical (unpaired) electrons. The van der Waals surface area contributed by atoms with Crippen molar-refractivity contribution in [2.24, 2.45) is 0 Å². The minimum Gasteiger partial charge on any atom is -0.456 e. The summed E-state index contributed by atoms with van der Waals surface area (Å²) in [6.07, 6.45) is 0. The lowest BCUT2D eigenvalue weighted by Crippen LogP contribution is -2.00. The predicted molar refractivity (Wildman–Crippen MR) is 179 cm³/mol. The number of benzene rings is 6. The summed E-state index contributed by atoms with van der Waals surface area (Å²) in [5.41, 5.74) is 10.2. The van der Waals surface area contributed by atoms with Crippen LogP contribution in [0.15, 0.2) is 150 Å². The second kappa shape index (κ2) is 10.8. The number of furan rings is 1. The molecule has 0 bridgehead atoms. The van der Waals surface area contributed by atoms with Crippen molar-refractivity contribution in [2.75, 3.05) is 0 Å². The number of aromatic nitrogens is 3. The molecule has 0 saturated heterocycles. The predicted octanol–water partition coefficient (Wildman–Crippen LogP) is 10.4. The quantitative estimate of drug-likeness (QED) is 0.208. The van der Waals surface area contributed by atoms with E-state index in [9.17, 15) is 0 Å². The molecule has 4 nitrogen and oxygen atoms in total. The molecule has 44 heavy (non-hydrogen) atoms. The van der Waals surface area contributed by atoms with E-state index < -0.39 is 0 Å². The normalized spacial score (nSPS) is 11.3. The minimum atomic E-state index is 0.600. The van der Waals surface area contributed by atoms with Crippen molar-refractivity contribution in [3.05, 3.63) is 151 Å². The van der Waals surface area contributed by atoms with Crippen molar-refractivity contribution >= 4 is 21.9 Å². The van der Waals surface area contributed by atoms with E-state index in [0.29, 0.717) is 17.5 Å². The van der Waals surface area contributed by atoms with Crippen molar-refractivity contribution < 1.29 is 4.42 Å². The van der Waals surface area contributed by atoms with Crippen molar-refractivity contribution in [3.63, 3.8) is 0 Å². The van der Waals surface area contributed by atoms with Crippen LogP contribution in [0.5, 0.6) is 0 Å². The molecule has 208 valence electrons. The van der Waals surface area contributed by atoms with Crippen LogP contribution >= 0.6 is 0 Å². The number of hydrogen-bond donors (Lipinski definition) is 0. The molecule has 0 atom stereocenters. The molecule has 4 heteroatoms. The Morgan fingerprint density at radius 1 is 0.364 bits per heavy atom. The average Bonchev–Trinajstić information content (AvgIpc) is 3.46. The Labute approximate surface area is 255 Å². The molecular formula is C40H27N3O. The average molecular weight is 566 g/mol. The van der Waals surface area contributed by atoms with E-state index in [1.807, 2.05) is 18.2 Å². The third-order valence-corrected chi connectivity index (χ3v) is 8.02. The first-order valence-corrected chi connectivity index (χ1v) is 14.7. The molecule has 2 heterocycles. The fourth-order valence-corrected chi connectivity index (χ4v) is 5.67. The zero-order valence-corrected chi connectivity index (χ0v) is 24.1. The van der Waals surface area contributed by atoms with Gasteiger partial charge in [-0.05, 0) is 52.9 Å². The summed E-state index contributed by atoms with van der Waals surface area (Å²) in [5.74, 6) is 1.84. The third-order valence-electron chi connectivity index (χ3n) is 8.02. The molecule has 8 rings (SSSR count). The molecule has 0 fully saturated rings. The van der Waals surface area contributed by atoms with Crippen LogP contribution < -0.4 is 0 Å². The molecule has 0 amide bonds. The van der Waals surface area contributed by atoms with E-state index in [0.717, 1.165) is 49.8 Å². The Morgan fingerprint density at radius 2 is 0.750 bits per heavy atom. The largest absolute Gasteiger partial charge is 0.456 e. The summed E-state index contributed by atoms with van der Waals surface area (Å²) in [7, 11) is 0. The summed E-state index contributed by atoms with van der Waals surface area (Å²) in [6, 6.07) is 50.0. The number of aryl methyl sites for hydroxylation is 1. The van der Waals surface area contributed by atoms with Crippen LogP contribution in [0.25, 0.3) is 78.4 Å². The summed E-state index contributed by atoms with van der Waals surface area (Å²) in [5, 5.41) is 2.18. The van der Waals surface area contributed by atoms with Gasteiger partial charge < -0.3 is 4.42 Å². The molecule has 2 aromatic heterocycles. The number of rotatable bonds is 5. The Morgan fingerprint density at radius 3 is 1.27 bits per heavy atom. The van der Waals surface area contributed by atoms with Gasteiger partial charge >= 0.3 is 0 Å². The van der Waals surface area contributed by atoms with Crippen LogP contribution in [0.1, 0.15) is 5.56 Å². The van der Waals surface area contributed by atoms with Gasteiger partial charge in [-0.25, -0.2) is 15.0 Å². The first-order chi connectivity index (χ1) is 21.7. The molecule has 0 spiro atoms. The summed E-state index contributed by atoms with van der Waals surface area (Å²) in [4.78, 5) is 14.9. The molecule has 0 aliphatic carbocycles. The highest BCUT2D eigenvalue weighted by molar-refractivity contribution is 6.06. The maximum Gasteiger partial charge on any atom is 0.164 e. The molecule has 0 unspecified atom stereocenters. The molecular weight excluding hydrogens is 538 g/mol. The standard InChI is InChI=1S/C40H27N3O/c1-26-12-22-34-35-23-21-33(25-37(35)44-36(34)24-26)40-42-38(31-17-13-29(14-18-31)27-8-4-2-5-9-27)41-39(43-40)32-19-15-30(16-20-32)28-10-6-3-7-11-28/h2-25H,1H3. The second-order valence-corrected chi connectivity index (χ2v) is 11.0.